The number of methoxy groups -OCH3 is 1. The van der Waals surface area contributed by atoms with Gasteiger partial charge < -0.3 is 15.0 Å². The molecule has 0 atom stereocenters. The third kappa shape index (κ3) is 5.06. The largest absolute Gasteiger partial charge is 0.495 e. The summed E-state index contributed by atoms with van der Waals surface area (Å²) in [5, 5.41) is 3.63. The topological polar surface area (TPSA) is 67.4 Å². The van der Waals surface area contributed by atoms with Gasteiger partial charge in [-0.1, -0.05) is 25.4 Å². The summed E-state index contributed by atoms with van der Waals surface area (Å²) < 4.78 is 5.14. The Bertz CT molecular complexity index is 718. The van der Waals surface area contributed by atoms with Crippen LogP contribution < -0.4 is 10.1 Å². The molecule has 7 heteroatoms. The van der Waals surface area contributed by atoms with Gasteiger partial charge in [0, 0.05) is 24.8 Å². The molecule has 1 aromatic carbocycles. The van der Waals surface area contributed by atoms with Crippen LogP contribution in [0.3, 0.4) is 0 Å². The highest BCUT2D eigenvalue weighted by molar-refractivity contribution is 6.32. The van der Waals surface area contributed by atoms with Crippen molar-refractivity contribution in [2.24, 2.45) is 0 Å². The van der Waals surface area contributed by atoms with Crippen molar-refractivity contribution in [3.63, 3.8) is 0 Å². The van der Waals surface area contributed by atoms with Crippen molar-refractivity contribution < 1.29 is 9.53 Å². The highest BCUT2D eigenvalue weighted by Gasteiger charge is 2.16. The van der Waals surface area contributed by atoms with Gasteiger partial charge in [-0.25, -0.2) is 9.97 Å². The van der Waals surface area contributed by atoms with Crippen molar-refractivity contribution in [2.45, 2.75) is 26.7 Å². The zero-order valence-corrected chi connectivity index (χ0v) is 15.5. The number of hydrogen-bond acceptors (Lipinski definition) is 5. The number of hydrogen-bond donors (Lipinski definition) is 1. The molecule has 25 heavy (non-hydrogen) atoms. The fraction of sp³-hybridized carbons (Fsp3) is 0.389. The Labute approximate surface area is 153 Å². The van der Waals surface area contributed by atoms with Crippen LogP contribution in [0.5, 0.6) is 5.75 Å². The zero-order chi connectivity index (χ0) is 18.2. The summed E-state index contributed by atoms with van der Waals surface area (Å²) in [7, 11) is 1.56. The highest BCUT2D eigenvalue weighted by atomic mass is 35.5. The third-order valence-corrected chi connectivity index (χ3v) is 3.88. The van der Waals surface area contributed by atoms with E-state index in [1.165, 1.54) is 6.33 Å². The lowest BCUT2D eigenvalue weighted by molar-refractivity contribution is 0.0749. The van der Waals surface area contributed by atoms with E-state index in [2.05, 4.69) is 29.1 Å². The molecule has 0 bridgehead atoms. The number of carbonyl (C=O) groups excluding carboxylic acids is 1. The van der Waals surface area contributed by atoms with E-state index in [1.807, 2.05) is 11.0 Å². The van der Waals surface area contributed by atoms with Crippen LogP contribution >= 0.6 is 11.6 Å². The van der Waals surface area contributed by atoms with Crippen LogP contribution in [0.1, 0.15) is 37.2 Å². The Kier molecular flexibility index (Phi) is 7.01. The lowest BCUT2D eigenvalue weighted by atomic mass is 10.2. The van der Waals surface area contributed by atoms with Gasteiger partial charge in [0.05, 0.1) is 12.1 Å². The highest BCUT2D eigenvalue weighted by Crippen LogP contribution is 2.28. The van der Waals surface area contributed by atoms with Crippen LogP contribution in [0.15, 0.2) is 30.6 Å². The molecule has 0 aliphatic carbocycles. The molecule has 0 radical (unpaired) electrons. The first-order valence-corrected chi connectivity index (χ1v) is 8.68. The number of carbonyl (C=O) groups is 1. The summed E-state index contributed by atoms with van der Waals surface area (Å²) >= 11 is 6.13. The van der Waals surface area contributed by atoms with Crippen LogP contribution in [0.2, 0.25) is 5.02 Å². The molecule has 1 N–H and O–H groups in total. The second-order valence-corrected chi connectivity index (χ2v) is 5.96. The van der Waals surface area contributed by atoms with Crippen LogP contribution in [0, 0.1) is 0 Å². The predicted molar refractivity (Wildman–Crippen MR) is 99.8 cm³/mol. The summed E-state index contributed by atoms with van der Waals surface area (Å²) in [6, 6.07) is 6.99. The molecule has 0 fully saturated rings. The number of nitrogens with one attached hydrogen (secondary N) is 1. The summed E-state index contributed by atoms with van der Waals surface area (Å²) in [6.07, 6.45) is 3.20. The Morgan fingerprint density at radius 3 is 2.52 bits per heavy atom. The quantitative estimate of drug-likeness (QED) is 0.764. The molecule has 0 aliphatic heterocycles. The molecular weight excluding hydrogens is 340 g/mol. The summed E-state index contributed by atoms with van der Waals surface area (Å²) in [5.74, 6) is 1.05. The smallest absolute Gasteiger partial charge is 0.272 e. The number of benzene rings is 1. The van der Waals surface area contributed by atoms with Gasteiger partial charge in [0.15, 0.2) is 0 Å². The van der Waals surface area contributed by atoms with Crippen molar-refractivity contribution in [1.82, 2.24) is 14.9 Å². The number of amides is 1. The van der Waals surface area contributed by atoms with Crippen LogP contribution in [0.4, 0.5) is 11.5 Å². The van der Waals surface area contributed by atoms with Crippen molar-refractivity contribution in [1.29, 1.82) is 0 Å². The zero-order valence-electron chi connectivity index (χ0n) is 14.8. The summed E-state index contributed by atoms with van der Waals surface area (Å²) in [6.45, 7) is 5.54. The Morgan fingerprint density at radius 2 is 1.92 bits per heavy atom. The molecule has 0 saturated heterocycles. The fourth-order valence-corrected chi connectivity index (χ4v) is 2.71. The van der Waals surface area contributed by atoms with Gasteiger partial charge >= 0.3 is 0 Å². The second kappa shape index (κ2) is 9.22. The van der Waals surface area contributed by atoms with E-state index in [1.54, 1.807) is 25.3 Å². The molecule has 0 unspecified atom stereocenters. The van der Waals surface area contributed by atoms with E-state index in [0.29, 0.717) is 35.4 Å². The number of anilines is 2. The van der Waals surface area contributed by atoms with E-state index in [9.17, 15) is 4.79 Å². The van der Waals surface area contributed by atoms with Crippen molar-refractivity contribution in [3.8, 4) is 5.75 Å². The molecular formula is C18H23ClN4O2. The molecule has 1 heterocycles. The Morgan fingerprint density at radius 1 is 1.20 bits per heavy atom. The minimum absolute atomic E-state index is 0.0816. The summed E-state index contributed by atoms with van der Waals surface area (Å²) in [4.78, 5) is 22.7. The van der Waals surface area contributed by atoms with Crippen molar-refractivity contribution >= 4 is 29.0 Å². The van der Waals surface area contributed by atoms with Crippen molar-refractivity contribution in [3.05, 3.63) is 41.3 Å². The third-order valence-electron chi connectivity index (χ3n) is 3.58. The number of ether oxygens (including phenoxy) is 1. The molecule has 0 aliphatic rings. The normalized spacial score (nSPS) is 10.4. The van der Waals surface area contributed by atoms with E-state index < -0.39 is 0 Å². The van der Waals surface area contributed by atoms with Crippen LogP contribution in [0.25, 0.3) is 0 Å². The maximum absolute atomic E-state index is 12.6. The number of halogens is 1. The molecule has 0 saturated carbocycles. The average Bonchev–Trinajstić information content (AvgIpc) is 2.61. The van der Waals surface area contributed by atoms with E-state index >= 15 is 0 Å². The molecule has 2 aromatic rings. The molecule has 0 spiro atoms. The van der Waals surface area contributed by atoms with Crippen molar-refractivity contribution in [2.75, 3.05) is 25.5 Å². The Hall–Kier alpha value is -2.34. The fourth-order valence-electron chi connectivity index (χ4n) is 2.45. The first-order chi connectivity index (χ1) is 12.1. The van der Waals surface area contributed by atoms with Crippen LogP contribution in [-0.2, 0) is 0 Å². The Balaban J connectivity index is 2.17. The van der Waals surface area contributed by atoms with Gasteiger partial charge in [-0.3, -0.25) is 4.79 Å². The van der Waals surface area contributed by atoms with Gasteiger partial charge in [-0.2, -0.15) is 0 Å². The number of aromatic nitrogens is 2. The maximum Gasteiger partial charge on any atom is 0.272 e. The molecule has 2 rings (SSSR count). The lowest BCUT2D eigenvalue weighted by Gasteiger charge is -2.21. The standard InChI is InChI=1S/C18H23ClN4O2/c1-4-8-23(9-5-2)18(24)15-11-17(21-12-20-15)22-13-6-7-16(25-3)14(19)10-13/h6-7,10-12H,4-5,8-9H2,1-3H3,(H,20,21,22). The number of nitrogens with zero attached hydrogens (tertiary/aromatic N) is 3. The van der Waals surface area contributed by atoms with Gasteiger partial charge in [0.1, 0.15) is 23.6 Å². The SMILES string of the molecule is CCCN(CCC)C(=O)c1cc(Nc2ccc(OC)c(Cl)c2)ncn1. The van der Waals surface area contributed by atoms with Gasteiger partial charge in [-0.15, -0.1) is 0 Å². The predicted octanol–water partition coefficient (Wildman–Crippen LogP) is 4.14. The average molecular weight is 363 g/mol. The van der Waals surface area contributed by atoms with Gasteiger partial charge in [0.25, 0.3) is 5.91 Å². The molecule has 6 nitrogen and oxygen atoms in total. The van der Waals surface area contributed by atoms with E-state index in [0.717, 1.165) is 18.5 Å². The second-order valence-electron chi connectivity index (χ2n) is 5.56. The van der Waals surface area contributed by atoms with E-state index in [-0.39, 0.29) is 5.91 Å². The van der Waals surface area contributed by atoms with E-state index in [4.69, 9.17) is 16.3 Å². The molecule has 134 valence electrons. The first-order valence-electron chi connectivity index (χ1n) is 8.30. The number of rotatable bonds is 8. The molecule has 1 aromatic heterocycles. The molecule has 1 amide bonds. The summed E-state index contributed by atoms with van der Waals surface area (Å²) in [5.41, 5.74) is 1.13. The van der Waals surface area contributed by atoms with Crippen LogP contribution in [-0.4, -0.2) is 41.0 Å². The first kappa shape index (κ1) is 19.0. The minimum Gasteiger partial charge on any atom is -0.495 e. The van der Waals surface area contributed by atoms with Gasteiger partial charge in [0.2, 0.25) is 0 Å². The monoisotopic (exact) mass is 362 g/mol. The van der Waals surface area contributed by atoms with Gasteiger partial charge in [-0.05, 0) is 31.0 Å². The lowest BCUT2D eigenvalue weighted by Crippen LogP contribution is -2.33. The maximum atomic E-state index is 12.6. The minimum atomic E-state index is -0.0816.